The second kappa shape index (κ2) is 6.88. The van der Waals surface area contributed by atoms with E-state index in [2.05, 4.69) is 0 Å². The van der Waals surface area contributed by atoms with E-state index < -0.39 is 39.7 Å². The van der Waals surface area contributed by atoms with E-state index in [1.54, 1.807) is 27.7 Å². The number of allylic oxidation sites excluding steroid dienone is 4. The number of carbonyl (C=O) groups excluding carboxylic acids is 3. The van der Waals surface area contributed by atoms with Crippen molar-refractivity contribution in [1.29, 1.82) is 0 Å². The highest BCUT2D eigenvalue weighted by atomic mass is 16.5. The second-order valence-corrected chi connectivity index (χ2v) is 11.2. The van der Waals surface area contributed by atoms with Gasteiger partial charge in [0.1, 0.15) is 11.9 Å². The van der Waals surface area contributed by atoms with Gasteiger partial charge in [0.15, 0.2) is 22.8 Å². The number of ether oxygens (including phenoxy) is 1. The molecule has 0 amide bonds. The first-order valence-electron chi connectivity index (χ1n) is 11.0. The average molecular weight is 417 g/mol. The molecule has 0 aromatic carbocycles. The van der Waals surface area contributed by atoms with Gasteiger partial charge in [-0.05, 0) is 52.4 Å². The predicted molar refractivity (Wildman–Crippen MR) is 115 cm³/mol. The fraction of sp³-hybridized carbons (Fsp3) is 0.720. The largest absolute Gasteiger partial charge is 0.490 e. The molecule has 30 heavy (non-hydrogen) atoms. The Morgan fingerprint density at radius 1 is 1.23 bits per heavy atom. The van der Waals surface area contributed by atoms with Crippen LogP contribution in [0.25, 0.3) is 0 Å². The van der Waals surface area contributed by atoms with Gasteiger partial charge in [-0.25, -0.2) is 0 Å². The Kier molecular flexibility index (Phi) is 5.26. The van der Waals surface area contributed by atoms with Crippen LogP contribution in [0.2, 0.25) is 0 Å². The molecule has 1 spiro atoms. The Hall–Kier alpha value is -1.75. The molecule has 1 aliphatic heterocycles. The summed E-state index contributed by atoms with van der Waals surface area (Å²) in [6, 6.07) is 0. The fourth-order valence-corrected chi connectivity index (χ4v) is 5.59. The molecule has 0 unspecified atom stereocenters. The molecule has 3 rings (SSSR count). The van der Waals surface area contributed by atoms with Gasteiger partial charge >= 0.3 is 0 Å². The van der Waals surface area contributed by atoms with Crippen LogP contribution in [0.3, 0.4) is 0 Å². The van der Waals surface area contributed by atoms with Gasteiger partial charge in [0, 0.05) is 17.9 Å². The van der Waals surface area contributed by atoms with Crippen LogP contribution in [0.1, 0.15) is 81.1 Å². The van der Waals surface area contributed by atoms with Crippen LogP contribution in [0.15, 0.2) is 23.0 Å². The van der Waals surface area contributed by atoms with E-state index >= 15 is 0 Å². The highest BCUT2D eigenvalue weighted by Gasteiger charge is 2.75. The minimum Gasteiger partial charge on any atom is -0.490 e. The number of hydrogen-bond donors (Lipinski definition) is 1. The lowest BCUT2D eigenvalue weighted by Crippen LogP contribution is -2.67. The summed E-state index contributed by atoms with van der Waals surface area (Å²) in [5.74, 6) is -1.02. The predicted octanol–water partition coefficient (Wildman–Crippen LogP) is 4.33. The molecule has 166 valence electrons. The van der Waals surface area contributed by atoms with Gasteiger partial charge in [-0.2, -0.15) is 0 Å². The van der Waals surface area contributed by atoms with Gasteiger partial charge in [0.05, 0.1) is 11.0 Å². The molecular formula is C25H36O5. The summed E-state index contributed by atoms with van der Waals surface area (Å²) in [6.45, 7) is 14.5. The third-order valence-corrected chi connectivity index (χ3v) is 7.48. The normalized spacial score (nSPS) is 32.8. The van der Waals surface area contributed by atoms with Crippen molar-refractivity contribution in [3.05, 3.63) is 23.0 Å². The molecule has 2 fully saturated rings. The summed E-state index contributed by atoms with van der Waals surface area (Å²) in [6.07, 6.45) is 3.08. The molecular weight excluding hydrogens is 380 g/mol. The minimum atomic E-state index is -1.69. The van der Waals surface area contributed by atoms with E-state index in [0.717, 1.165) is 5.57 Å². The number of aliphatic hydroxyl groups is 1. The van der Waals surface area contributed by atoms with Crippen molar-refractivity contribution in [3.63, 3.8) is 0 Å². The maximum Gasteiger partial charge on any atom is 0.184 e. The van der Waals surface area contributed by atoms with Crippen molar-refractivity contribution in [2.75, 3.05) is 0 Å². The number of hydrogen-bond acceptors (Lipinski definition) is 5. The number of carbonyl (C=O) groups is 3. The van der Waals surface area contributed by atoms with Crippen LogP contribution in [-0.2, 0) is 19.1 Å². The summed E-state index contributed by atoms with van der Waals surface area (Å²) in [4.78, 5) is 41.9. The lowest BCUT2D eigenvalue weighted by Gasteiger charge is -2.55. The van der Waals surface area contributed by atoms with E-state index in [1.165, 1.54) is 0 Å². The van der Waals surface area contributed by atoms with E-state index in [4.69, 9.17) is 4.74 Å². The number of fused-ring (bicyclic) bond motifs is 1. The van der Waals surface area contributed by atoms with Crippen molar-refractivity contribution < 1.29 is 24.2 Å². The molecule has 0 aromatic rings. The Labute approximate surface area is 179 Å². The third kappa shape index (κ3) is 2.88. The molecule has 3 aliphatic rings. The Balaban J connectivity index is 2.34. The topological polar surface area (TPSA) is 80.7 Å². The van der Waals surface area contributed by atoms with Crippen LogP contribution >= 0.6 is 0 Å². The molecule has 5 heteroatoms. The molecule has 1 heterocycles. The van der Waals surface area contributed by atoms with Crippen molar-refractivity contribution in [1.82, 2.24) is 0 Å². The first kappa shape index (κ1) is 22.9. The number of ketones is 3. The van der Waals surface area contributed by atoms with Crippen molar-refractivity contribution in [3.8, 4) is 0 Å². The van der Waals surface area contributed by atoms with Crippen molar-refractivity contribution >= 4 is 17.3 Å². The molecule has 3 atom stereocenters. The SMILES string of the molecule is CC(C)=CCC1=C2O[C@H](C(C)(C)O)C[C@@]23CCC(C)(C)[C@@](C(=O)C(C)C)(C1=O)C3=O. The summed E-state index contributed by atoms with van der Waals surface area (Å²) in [7, 11) is 0. The first-order chi connectivity index (χ1) is 13.6. The third-order valence-electron chi connectivity index (χ3n) is 7.48. The van der Waals surface area contributed by atoms with E-state index in [9.17, 15) is 19.5 Å². The molecule has 5 nitrogen and oxygen atoms in total. The zero-order valence-corrected chi connectivity index (χ0v) is 19.6. The second-order valence-electron chi connectivity index (χ2n) is 11.2. The molecule has 2 bridgehead atoms. The lowest BCUT2D eigenvalue weighted by molar-refractivity contribution is -0.170. The summed E-state index contributed by atoms with van der Waals surface area (Å²) in [5, 5.41) is 10.7. The van der Waals surface area contributed by atoms with Crippen molar-refractivity contribution in [2.24, 2.45) is 22.2 Å². The van der Waals surface area contributed by atoms with E-state index in [-0.39, 0.29) is 11.6 Å². The first-order valence-corrected chi connectivity index (χ1v) is 11.0. The van der Waals surface area contributed by atoms with Crippen LogP contribution < -0.4 is 0 Å². The Morgan fingerprint density at radius 3 is 2.33 bits per heavy atom. The fourth-order valence-electron chi connectivity index (χ4n) is 5.59. The quantitative estimate of drug-likeness (QED) is 0.533. The number of Topliss-reactive ketones (excluding diaryl/α,β-unsaturated/α-hetero) is 3. The Morgan fingerprint density at radius 2 is 1.83 bits per heavy atom. The molecule has 0 radical (unpaired) electrons. The monoisotopic (exact) mass is 416 g/mol. The number of rotatable bonds is 5. The molecule has 0 aromatic heterocycles. The highest BCUT2D eigenvalue weighted by molar-refractivity contribution is 6.33. The van der Waals surface area contributed by atoms with Gasteiger partial charge in [0.25, 0.3) is 0 Å². The van der Waals surface area contributed by atoms with Gasteiger partial charge in [-0.3, -0.25) is 14.4 Å². The molecule has 1 saturated heterocycles. The van der Waals surface area contributed by atoms with Crippen LogP contribution in [0.5, 0.6) is 0 Å². The maximum absolute atomic E-state index is 14.2. The Bertz CT molecular complexity index is 862. The van der Waals surface area contributed by atoms with Crippen LogP contribution in [-0.4, -0.2) is 34.2 Å². The molecule has 1 N–H and O–H groups in total. The van der Waals surface area contributed by atoms with Gasteiger partial charge < -0.3 is 9.84 Å². The average Bonchev–Trinajstić information content (AvgIpc) is 2.99. The smallest absolute Gasteiger partial charge is 0.184 e. The summed E-state index contributed by atoms with van der Waals surface area (Å²) < 4.78 is 6.19. The van der Waals surface area contributed by atoms with E-state index in [1.807, 2.05) is 33.8 Å². The van der Waals surface area contributed by atoms with E-state index in [0.29, 0.717) is 37.0 Å². The highest BCUT2D eigenvalue weighted by Crippen LogP contribution is 2.66. The lowest BCUT2D eigenvalue weighted by atomic mass is 9.42. The zero-order valence-electron chi connectivity index (χ0n) is 19.6. The summed E-state index contributed by atoms with van der Waals surface area (Å²) >= 11 is 0. The van der Waals surface area contributed by atoms with Gasteiger partial charge in [0.2, 0.25) is 0 Å². The van der Waals surface area contributed by atoms with Gasteiger partial charge in [-0.15, -0.1) is 0 Å². The minimum absolute atomic E-state index is 0.290. The standard InChI is InChI=1S/C25H36O5/c1-14(2)9-10-16-19(27)25(18(26)15(3)4)21(28)24(12-11-22(25,5)6)13-17(23(7,8)29)30-20(16)24/h9,15,17,29H,10-13H2,1-8H3/t17-,24-,25-/m0/s1. The van der Waals surface area contributed by atoms with Crippen LogP contribution in [0.4, 0.5) is 0 Å². The molecule has 1 saturated carbocycles. The molecule has 2 aliphatic carbocycles. The van der Waals surface area contributed by atoms with Crippen LogP contribution in [0, 0.1) is 22.2 Å². The maximum atomic E-state index is 14.2. The zero-order chi connectivity index (χ0) is 22.9. The van der Waals surface area contributed by atoms with Gasteiger partial charge in [-0.1, -0.05) is 39.3 Å². The summed E-state index contributed by atoms with van der Waals surface area (Å²) in [5.41, 5.74) is -3.16. The van der Waals surface area contributed by atoms with Crippen molar-refractivity contribution in [2.45, 2.75) is 92.8 Å².